The largest absolute Gasteiger partial charge is 0.324 e. The average molecular weight is 284 g/mol. The fourth-order valence-electron chi connectivity index (χ4n) is 1.52. The van der Waals surface area contributed by atoms with E-state index in [2.05, 4.69) is 10.3 Å². The SMILES string of the molecule is Cc1c(Cl)cccc1NC(=O)Cn1ccnc1Cl. The van der Waals surface area contributed by atoms with Crippen LogP contribution in [0.4, 0.5) is 5.69 Å². The zero-order valence-electron chi connectivity index (χ0n) is 9.65. The monoisotopic (exact) mass is 283 g/mol. The van der Waals surface area contributed by atoms with E-state index < -0.39 is 0 Å². The summed E-state index contributed by atoms with van der Waals surface area (Å²) in [6.07, 6.45) is 3.19. The van der Waals surface area contributed by atoms with E-state index in [1.807, 2.05) is 6.92 Å². The minimum absolute atomic E-state index is 0.116. The van der Waals surface area contributed by atoms with Gasteiger partial charge in [-0.1, -0.05) is 17.7 Å². The molecule has 1 heterocycles. The Morgan fingerprint density at radius 1 is 1.44 bits per heavy atom. The lowest BCUT2D eigenvalue weighted by atomic mass is 10.2. The molecule has 0 aliphatic carbocycles. The Labute approximate surface area is 115 Å². The standard InChI is InChI=1S/C12H11Cl2N3O/c1-8-9(13)3-2-4-10(8)16-11(18)7-17-6-5-15-12(17)14/h2-6H,7H2,1H3,(H,16,18). The summed E-state index contributed by atoms with van der Waals surface area (Å²) in [5.74, 6) is -0.180. The van der Waals surface area contributed by atoms with Crippen LogP contribution in [-0.2, 0) is 11.3 Å². The highest BCUT2D eigenvalue weighted by Gasteiger charge is 2.08. The Hall–Kier alpha value is -1.52. The summed E-state index contributed by atoms with van der Waals surface area (Å²) in [6, 6.07) is 5.36. The number of amides is 1. The molecule has 0 aliphatic heterocycles. The molecule has 1 amide bonds. The van der Waals surface area contributed by atoms with E-state index in [1.54, 1.807) is 35.2 Å². The molecule has 1 N–H and O–H groups in total. The molecule has 1 aromatic heterocycles. The van der Waals surface area contributed by atoms with E-state index in [0.717, 1.165) is 5.56 Å². The van der Waals surface area contributed by atoms with E-state index in [0.29, 0.717) is 10.7 Å². The fraction of sp³-hybridized carbons (Fsp3) is 0.167. The summed E-state index contributed by atoms with van der Waals surface area (Å²) in [4.78, 5) is 15.7. The molecule has 0 bridgehead atoms. The maximum Gasteiger partial charge on any atom is 0.244 e. The van der Waals surface area contributed by atoms with E-state index in [9.17, 15) is 4.79 Å². The third-order valence-electron chi connectivity index (χ3n) is 2.52. The quantitative estimate of drug-likeness (QED) is 0.941. The third-order valence-corrected chi connectivity index (χ3v) is 3.24. The zero-order valence-corrected chi connectivity index (χ0v) is 11.2. The first-order valence-electron chi connectivity index (χ1n) is 5.29. The molecule has 4 nitrogen and oxygen atoms in total. The van der Waals surface area contributed by atoms with Crippen molar-refractivity contribution in [2.45, 2.75) is 13.5 Å². The molecule has 2 aromatic rings. The van der Waals surface area contributed by atoms with Crippen molar-refractivity contribution in [3.8, 4) is 0 Å². The molecule has 0 aliphatic rings. The van der Waals surface area contributed by atoms with E-state index >= 15 is 0 Å². The lowest BCUT2D eigenvalue weighted by Gasteiger charge is -2.10. The third kappa shape index (κ3) is 2.83. The van der Waals surface area contributed by atoms with E-state index in [4.69, 9.17) is 23.2 Å². The van der Waals surface area contributed by atoms with Gasteiger partial charge in [0.05, 0.1) is 0 Å². The lowest BCUT2D eigenvalue weighted by molar-refractivity contribution is -0.116. The number of imidazole rings is 1. The summed E-state index contributed by atoms with van der Waals surface area (Å²) in [6.45, 7) is 1.97. The van der Waals surface area contributed by atoms with Gasteiger partial charge in [0.2, 0.25) is 11.2 Å². The predicted octanol–water partition coefficient (Wildman–Crippen LogP) is 3.14. The Morgan fingerprint density at radius 3 is 2.89 bits per heavy atom. The highest BCUT2D eigenvalue weighted by molar-refractivity contribution is 6.31. The number of halogens is 2. The van der Waals surface area contributed by atoms with Gasteiger partial charge in [-0.25, -0.2) is 4.98 Å². The first-order valence-corrected chi connectivity index (χ1v) is 6.05. The number of nitrogens with zero attached hydrogens (tertiary/aromatic N) is 2. The first-order chi connectivity index (χ1) is 8.58. The van der Waals surface area contributed by atoms with Gasteiger partial charge in [0.25, 0.3) is 0 Å². The van der Waals surface area contributed by atoms with Crippen molar-refractivity contribution < 1.29 is 4.79 Å². The summed E-state index contributed by atoms with van der Waals surface area (Å²) < 4.78 is 1.55. The van der Waals surface area contributed by atoms with Crippen LogP contribution in [0.3, 0.4) is 0 Å². The van der Waals surface area contributed by atoms with Crippen LogP contribution in [0.1, 0.15) is 5.56 Å². The Morgan fingerprint density at radius 2 is 2.22 bits per heavy atom. The van der Waals surface area contributed by atoms with Crippen molar-refractivity contribution in [3.63, 3.8) is 0 Å². The minimum Gasteiger partial charge on any atom is -0.324 e. The molecule has 0 atom stereocenters. The van der Waals surface area contributed by atoms with Crippen LogP contribution in [0.2, 0.25) is 10.3 Å². The van der Waals surface area contributed by atoms with Gasteiger partial charge >= 0.3 is 0 Å². The number of anilines is 1. The second-order valence-corrected chi connectivity index (χ2v) is 4.53. The van der Waals surface area contributed by atoms with Crippen LogP contribution < -0.4 is 5.32 Å². The molecule has 2 rings (SSSR count). The highest BCUT2D eigenvalue weighted by atomic mass is 35.5. The van der Waals surface area contributed by atoms with Crippen LogP contribution >= 0.6 is 23.2 Å². The van der Waals surface area contributed by atoms with Crippen LogP contribution in [0.15, 0.2) is 30.6 Å². The maximum atomic E-state index is 11.8. The highest BCUT2D eigenvalue weighted by Crippen LogP contribution is 2.22. The van der Waals surface area contributed by atoms with Gasteiger partial charge in [0.15, 0.2) is 0 Å². The summed E-state index contributed by atoms with van der Waals surface area (Å²) in [7, 11) is 0. The number of hydrogen-bond acceptors (Lipinski definition) is 2. The smallest absolute Gasteiger partial charge is 0.244 e. The normalized spacial score (nSPS) is 10.4. The van der Waals surface area contributed by atoms with Crippen molar-refractivity contribution in [2.24, 2.45) is 0 Å². The number of rotatable bonds is 3. The summed E-state index contributed by atoms with van der Waals surface area (Å²) in [5.41, 5.74) is 1.54. The number of benzene rings is 1. The van der Waals surface area contributed by atoms with Crippen molar-refractivity contribution in [1.82, 2.24) is 9.55 Å². The van der Waals surface area contributed by atoms with Gasteiger partial charge < -0.3 is 9.88 Å². The number of hydrogen-bond donors (Lipinski definition) is 1. The molecule has 0 saturated heterocycles. The van der Waals surface area contributed by atoms with Gasteiger partial charge in [-0.15, -0.1) is 0 Å². The number of carbonyl (C=O) groups is 1. The Bertz CT molecular complexity index is 580. The van der Waals surface area contributed by atoms with Crippen molar-refractivity contribution >= 4 is 34.8 Å². The molecule has 0 spiro atoms. The number of carbonyl (C=O) groups excluding carboxylic acids is 1. The molecular formula is C12H11Cl2N3O. The average Bonchev–Trinajstić information content (AvgIpc) is 2.71. The van der Waals surface area contributed by atoms with Gasteiger partial charge in [-0.05, 0) is 36.2 Å². The van der Waals surface area contributed by atoms with Crippen LogP contribution in [-0.4, -0.2) is 15.5 Å². The predicted molar refractivity (Wildman–Crippen MR) is 72.1 cm³/mol. The van der Waals surface area contributed by atoms with Gasteiger partial charge in [-0.3, -0.25) is 4.79 Å². The molecule has 6 heteroatoms. The molecule has 94 valence electrons. The molecule has 0 saturated carbocycles. The molecule has 0 radical (unpaired) electrons. The van der Waals surface area contributed by atoms with E-state index in [-0.39, 0.29) is 17.7 Å². The molecule has 0 unspecified atom stereocenters. The number of nitrogens with one attached hydrogen (secondary N) is 1. The second-order valence-electron chi connectivity index (χ2n) is 3.78. The first kappa shape index (κ1) is 12.9. The zero-order chi connectivity index (χ0) is 13.1. The van der Waals surface area contributed by atoms with Crippen molar-refractivity contribution in [1.29, 1.82) is 0 Å². The van der Waals surface area contributed by atoms with Crippen molar-refractivity contribution in [2.75, 3.05) is 5.32 Å². The van der Waals surface area contributed by atoms with Crippen LogP contribution in [0.5, 0.6) is 0 Å². The fourth-order valence-corrected chi connectivity index (χ4v) is 1.86. The van der Waals surface area contributed by atoms with Crippen molar-refractivity contribution in [3.05, 3.63) is 46.5 Å². The lowest BCUT2D eigenvalue weighted by Crippen LogP contribution is -2.19. The van der Waals surface area contributed by atoms with Gasteiger partial charge in [0, 0.05) is 23.1 Å². The Kier molecular flexibility index (Phi) is 3.89. The molecule has 0 fully saturated rings. The number of aromatic nitrogens is 2. The van der Waals surface area contributed by atoms with Crippen LogP contribution in [0.25, 0.3) is 0 Å². The molecule has 1 aromatic carbocycles. The second kappa shape index (κ2) is 5.42. The van der Waals surface area contributed by atoms with E-state index in [1.165, 1.54) is 0 Å². The summed E-state index contributed by atoms with van der Waals surface area (Å²) in [5, 5.41) is 3.69. The Balaban J connectivity index is 2.08. The topological polar surface area (TPSA) is 46.9 Å². The maximum absolute atomic E-state index is 11.8. The molecular weight excluding hydrogens is 273 g/mol. The minimum atomic E-state index is -0.180. The van der Waals surface area contributed by atoms with Crippen LogP contribution in [0, 0.1) is 6.92 Å². The molecule has 18 heavy (non-hydrogen) atoms. The van der Waals surface area contributed by atoms with Gasteiger partial charge in [0.1, 0.15) is 6.54 Å². The van der Waals surface area contributed by atoms with Gasteiger partial charge in [-0.2, -0.15) is 0 Å². The summed E-state index contributed by atoms with van der Waals surface area (Å²) >= 11 is 11.8.